The van der Waals surface area contributed by atoms with E-state index in [1.807, 2.05) is 29.7 Å². The average molecular weight is 351 g/mol. The molecule has 0 saturated carbocycles. The van der Waals surface area contributed by atoms with Gasteiger partial charge in [0, 0.05) is 37.0 Å². The van der Waals surface area contributed by atoms with E-state index in [-0.39, 0.29) is 11.9 Å². The summed E-state index contributed by atoms with van der Waals surface area (Å²) in [5, 5.41) is 6.38. The van der Waals surface area contributed by atoms with Crippen LogP contribution in [0.1, 0.15) is 32.3 Å². The fourth-order valence-electron chi connectivity index (χ4n) is 2.81. The molecule has 0 bridgehead atoms. The van der Waals surface area contributed by atoms with E-state index in [0.717, 1.165) is 29.1 Å². The van der Waals surface area contributed by atoms with Crippen LogP contribution < -0.4 is 10.6 Å². The molecule has 0 fully saturated rings. The minimum atomic E-state index is 0.0550. The minimum Gasteiger partial charge on any atom is -0.369 e. The number of nitrogens with one attached hydrogen (secondary N) is 2. The first-order valence-corrected chi connectivity index (χ1v) is 9.01. The molecule has 2 aromatic heterocycles. The fourth-order valence-corrected chi connectivity index (χ4v) is 2.81. The number of carbonyl (C=O) groups is 1. The maximum absolute atomic E-state index is 12.0. The standard InChI is InChI=1S/C20H25N5O/c1-4-15(3)23-18(26)8-9-22-20-19(16-7-5-6-14(2)12-16)24-17-13-21-10-11-25(17)20/h5-7,10-13,15,22H,4,8-9H2,1-3H3,(H,23,26). The van der Waals surface area contributed by atoms with Gasteiger partial charge in [-0.2, -0.15) is 0 Å². The summed E-state index contributed by atoms with van der Waals surface area (Å²) in [5.41, 5.74) is 3.86. The molecule has 1 amide bonds. The number of imidazole rings is 1. The maximum Gasteiger partial charge on any atom is 0.221 e. The normalized spacial score (nSPS) is 12.1. The third-order valence-electron chi connectivity index (χ3n) is 4.39. The van der Waals surface area contributed by atoms with Gasteiger partial charge in [-0.3, -0.25) is 14.2 Å². The number of hydrogen-bond acceptors (Lipinski definition) is 4. The number of rotatable bonds is 7. The van der Waals surface area contributed by atoms with Gasteiger partial charge in [0.2, 0.25) is 5.91 Å². The molecule has 0 radical (unpaired) electrons. The van der Waals surface area contributed by atoms with Crippen molar-refractivity contribution in [2.24, 2.45) is 0 Å². The lowest BCUT2D eigenvalue weighted by Gasteiger charge is -2.12. The van der Waals surface area contributed by atoms with Crippen molar-refractivity contribution in [3.05, 3.63) is 48.4 Å². The summed E-state index contributed by atoms with van der Waals surface area (Å²) in [4.78, 5) is 20.9. The molecule has 136 valence electrons. The van der Waals surface area contributed by atoms with E-state index in [1.165, 1.54) is 5.56 Å². The largest absolute Gasteiger partial charge is 0.369 e. The van der Waals surface area contributed by atoms with E-state index in [4.69, 9.17) is 4.98 Å². The van der Waals surface area contributed by atoms with E-state index < -0.39 is 0 Å². The SMILES string of the molecule is CCC(C)NC(=O)CCNc1c(-c2cccc(C)c2)nc2cnccn12. The lowest BCUT2D eigenvalue weighted by atomic mass is 10.1. The van der Waals surface area contributed by atoms with Crippen LogP contribution in [0.2, 0.25) is 0 Å². The van der Waals surface area contributed by atoms with Crippen LogP contribution in [0.25, 0.3) is 16.9 Å². The van der Waals surface area contributed by atoms with Crippen molar-refractivity contribution >= 4 is 17.4 Å². The number of fused-ring (bicyclic) bond motifs is 1. The Hall–Kier alpha value is -2.89. The molecule has 6 nitrogen and oxygen atoms in total. The highest BCUT2D eigenvalue weighted by Gasteiger charge is 2.14. The van der Waals surface area contributed by atoms with Gasteiger partial charge in [0.05, 0.1) is 6.20 Å². The molecule has 0 aliphatic carbocycles. The number of benzene rings is 1. The first kappa shape index (κ1) is 17.9. The van der Waals surface area contributed by atoms with Gasteiger partial charge >= 0.3 is 0 Å². The number of aryl methyl sites for hydroxylation is 1. The summed E-state index contributed by atoms with van der Waals surface area (Å²) in [6, 6.07) is 8.44. The van der Waals surface area contributed by atoms with Gasteiger partial charge in [-0.1, -0.05) is 30.7 Å². The predicted octanol–water partition coefficient (Wildman–Crippen LogP) is 3.42. The number of aromatic nitrogens is 3. The van der Waals surface area contributed by atoms with Gasteiger partial charge < -0.3 is 10.6 Å². The Morgan fingerprint density at radius 1 is 1.35 bits per heavy atom. The van der Waals surface area contributed by atoms with Crippen molar-refractivity contribution in [1.29, 1.82) is 0 Å². The average Bonchev–Trinajstić information content (AvgIpc) is 3.00. The van der Waals surface area contributed by atoms with Gasteiger partial charge in [0.25, 0.3) is 0 Å². The number of carbonyl (C=O) groups excluding carboxylic acids is 1. The minimum absolute atomic E-state index is 0.0550. The van der Waals surface area contributed by atoms with E-state index in [2.05, 4.69) is 41.6 Å². The zero-order chi connectivity index (χ0) is 18.5. The molecule has 3 rings (SSSR count). The molecule has 2 heterocycles. The highest BCUT2D eigenvalue weighted by molar-refractivity contribution is 5.79. The number of amides is 1. The van der Waals surface area contributed by atoms with Crippen LogP contribution >= 0.6 is 0 Å². The van der Waals surface area contributed by atoms with Gasteiger partial charge in [0.1, 0.15) is 11.5 Å². The van der Waals surface area contributed by atoms with Crippen molar-refractivity contribution in [2.75, 3.05) is 11.9 Å². The Morgan fingerprint density at radius 3 is 2.96 bits per heavy atom. The van der Waals surface area contributed by atoms with Crippen LogP contribution in [0.15, 0.2) is 42.9 Å². The molecular formula is C20H25N5O. The third-order valence-corrected chi connectivity index (χ3v) is 4.39. The monoisotopic (exact) mass is 351 g/mol. The van der Waals surface area contributed by atoms with Crippen molar-refractivity contribution in [3.8, 4) is 11.3 Å². The smallest absolute Gasteiger partial charge is 0.221 e. The molecule has 0 spiro atoms. The highest BCUT2D eigenvalue weighted by atomic mass is 16.1. The Labute approximate surface area is 153 Å². The van der Waals surface area contributed by atoms with Crippen molar-refractivity contribution in [3.63, 3.8) is 0 Å². The number of hydrogen-bond donors (Lipinski definition) is 2. The number of nitrogens with zero attached hydrogens (tertiary/aromatic N) is 3. The Bertz CT molecular complexity index is 902. The molecule has 1 unspecified atom stereocenters. The molecule has 1 aromatic carbocycles. The molecule has 2 N–H and O–H groups in total. The van der Waals surface area contributed by atoms with Gasteiger partial charge in [-0.05, 0) is 26.3 Å². The number of anilines is 1. The molecular weight excluding hydrogens is 326 g/mol. The lowest BCUT2D eigenvalue weighted by molar-refractivity contribution is -0.121. The Balaban J connectivity index is 1.82. The summed E-state index contributed by atoms with van der Waals surface area (Å²) in [6.45, 7) is 6.67. The topological polar surface area (TPSA) is 71.3 Å². The quantitative estimate of drug-likeness (QED) is 0.684. The zero-order valence-electron chi connectivity index (χ0n) is 15.5. The predicted molar refractivity (Wildman–Crippen MR) is 104 cm³/mol. The second-order valence-electron chi connectivity index (χ2n) is 6.54. The van der Waals surface area contributed by atoms with Crippen LogP contribution in [0.5, 0.6) is 0 Å². The first-order chi connectivity index (χ1) is 12.6. The molecule has 26 heavy (non-hydrogen) atoms. The van der Waals surface area contributed by atoms with E-state index in [1.54, 1.807) is 12.4 Å². The fraction of sp³-hybridized carbons (Fsp3) is 0.350. The van der Waals surface area contributed by atoms with Crippen LogP contribution in [-0.2, 0) is 4.79 Å². The van der Waals surface area contributed by atoms with Crippen molar-refractivity contribution in [1.82, 2.24) is 19.7 Å². The van der Waals surface area contributed by atoms with Gasteiger partial charge in [0.15, 0.2) is 5.65 Å². The second-order valence-corrected chi connectivity index (χ2v) is 6.54. The molecule has 0 aliphatic heterocycles. The summed E-state index contributed by atoms with van der Waals surface area (Å²) in [6.07, 6.45) is 6.69. The van der Waals surface area contributed by atoms with Crippen LogP contribution in [-0.4, -0.2) is 32.9 Å². The van der Waals surface area contributed by atoms with E-state index in [9.17, 15) is 4.79 Å². The van der Waals surface area contributed by atoms with Crippen LogP contribution in [0, 0.1) is 6.92 Å². The zero-order valence-corrected chi connectivity index (χ0v) is 15.5. The molecule has 0 aliphatic rings. The highest BCUT2D eigenvalue weighted by Crippen LogP contribution is 2.28. The Morgan fingerprint density at radius 2 is 2.19 bits per heavy atom. The second kappa shape index (κ2) is 7.99. The van der Waals surface area contributed by atoms with Crippen molar-refractivity contribution in [2.45, 2.75) is 39.7 Å². The molecule has 1 atom stereocenters. The maximum atomic E-state index is 12.0. The molecule has 0 saturated heterocycles. The van der Waals surface area contributed by atoms with Gasteiger partial charge in [-0.25, -0.2) is 4.98 Å². The molecule has 3 aromatic rings. The van der Waals surface area contributed by atoms with E-state index in [0.29, 0.717) is 13.0 Å². The summed E-state index contributed by atoms with van der Waals surface area (Å²) < 4.78 is 1.97. The lowest BCUT2D eigenvalue weighted by Crippen LogP contribution is -2.33. The summed E-state index contributed by atoms with van der Waals surface area (Å²) in [5.74, 6) is 0.934. The third kappa shape index (κ3) is 4.02. The van der Waals surface area contributed by atoms with Crippen LogP contribution in [0.4, 0.5) is 5.82 Å². The van der Waals surface area contributed by atoms with Crippen molar-refractivity contribution < 1.29 is 4.79 Å². The van der Waals surface area contributed by atoms with E-state index >= 15 is 0 Å². The first-order valence-electron chi connectivity index (χ1n) is 9.01. The summed E-state index contributed by atoms with van der Waals surface area (Å²) in [7, 11) is 0. The van der Waals surface area contributed by atoms with Crippen LogP contribution in [0.3, 0.4) is 0 Å². The van der Waals surface area contributed by atoms with Gasteiger partial charge in [-0.15, -0.1) is 0 Å². The summed E-state index contributed by atoms with van der Waals surface area (Å²) >= 11 is 0. The Kier molecular flexibility index (Phi) is 5.51. The molecule has 6 heteroatoms.